The highest BCUT2D eigenvalue weighted by atomic mass is 35.5. The fourth-order valence-corrected chi connectivity index (χ4v) is 1.57. The Morgan fingerprint density at radius 2 is 1.85 bits per heavy atom. The lowest BCUT2D eigenvalue weighted by atomic mass is 10.1. The van der Waals surface area contributed by atoms with Crippen molar-refractivity contribution < 1.29 is 0 Å². The summed E-state index contributed by atoms with van der Waals surface area (Å²) in [6, 6.07) is 7.42. The van der Waals surface area contributed by atoms with Crippen molar-refractivity contribution in [1.82, 2.24) is 4.98 Å². The molecule has 0 saturated heterocycles. The van der Waals surface area contributed by atoms with Crippen molar-refractivity contribution in [2.45, 2.75) is 6.92 Å². The van der Waals surface area contributed by atoms with Gasteiger partial charge in [-0.2, -0.15) is 0 Å². The first kappa shape index (κ1) is 8.32. The average Bonchev–Trinajstić information content (AvgIpc) is 2.15. The third-order valence-electron chi connectivity index (χ3n) is 2.13. The van der Waals surface area contributed by atoms with Crippen LogP contribution < -0.4 is 5.56 Å². The Labute approximate surface area is 80.2 Å². The highest BCUT2D eigenvalue weighted by Gasteiger charge is 2.04. The summed E-state index contributed by atoms with van der Waals surface area (Å²) in [5, 5.41) is 2.02. The molecule has 1 heterocycles. The van der Waals surface area contributed by atoms with Crippen LogP contribution >= 0.6 is 11.6 Å². The zero-order valence-corrected chi connectivity index (χ0v) is 7.85. The van der Waals surface area contributed by atoms with E-state index < -0.39 is 0 Å². The van der Waals surface area contributed by atoms with Gasteiger partial charge in [-0.15, -0.1) is 0 Å². The fourth-order valence-electron chi connectivity index (χ4n) is 1.39. The third kappa shape index (κ3) is 1.23. The number of pyridine rings is 1. The molecule has 2 aromatic rings. The van der Waals surface area contributed by atoms with Crippen LogP contribution in [0.5, 0.6) is 0 Å². The zero-order chi connectivity index (χ0) is 9.42. The number of hydrogen-bond donors (Lipinski definition) is 1. The van der Waals surface area contributed by atoms with Crippen LogP contribution in [0, 0.1) is 6.92 Å². The highest BCUT2D eigenvalue weighted by Crippen LogP contribution is 2.19. The minimum Gasteiger partial charge on any atom is -0.312 e. The van der Waals surface area contributed by atoms with Crippen LogP contribution in [0.2, 0.25) is 5.15 Å². The van der Waals surface area contributed by atoms with E-state index in [9.17, 15) is 4.79 Å². The van der Waals surface area contributed by atoms with Gasteiger partial charge in [-0.05, 0) is 23.9 Å². The molecule has 2 nitrogen and oxygen atoms in total. The lowest BCUT2D eigenvalue weighted by Gasteiger charge is -2.02. The maximum atomic E-state index is 11.4. The predicted octanol–water partition coefficient (Wildman–Crippen LogP) is 2.49. The number of aromatic amines is 1. The van der Waals surface area contributed by atoms with Crippen molar-refractivity contribution in [3.05, 3.63) is 45.3 Å². The number of halogens is 1. The molecular weight excluding hydrogens is 186 g/mol. The summed E-state index contributed by atoms with van der Waals surface area (Å²) >= 11 is 5.84. The first-order valence-electron chi connectivity index (χ1n) is 3.97. The number of nitrogens with one attached hydrogen (secondary N) is 1. The molecule has 0 aliphatic heterocycles. The van der Waals surface area contributed by atoms with Crippen molar-refractivity contribution >= 4 is 22.4 Å². The van der Waals surface area contributed by atoms with E-state index in [1.165, 1.54) is 0 Å². The van der Waals surface area contributed by atoms with Crippen LogP contribution in [0.25, 0.3) is 10.8 Å². The maximum Gasteiger partial charge on any atom is 0.256 e. The summed E-state index contributed by atoms with van der Waals surface area (Å²) in [6.07, 6.45) is 0. The number of fused-ring (bicyclic) bond motifs is 1. The molecule has 0 aliphatic rings. The molecule has 13 heavy (non-hydrogen) atoms. The molecule has 0 aliphatic carbocycles. The minimum atomic E-state index is -0.133. The Morgan fingerprint density at radius 1 is 1.23 bits per heavy atom. The van der Waals surface area contributed by atoms with Crippen molar-refractivity contribution in [2.75, 3.05) is 0 Å². The van der Waals surface area contributed by atoms with Gasteiger partial charge in [0.25, 0.3) is 5.56 Å². The maximum absolute atomic E-state index is 11.4. The van der Waals surface area contributed by atoms with Gasteiger partial charge in [0.15, 0.2) is 0 Å². The molecule has 0 radical (unpaired) electrons. The molecule has 2 rings (SSSR count). The number of aromatic nitrogens is 1. The first-order chi connectivity index (χ1) is 6.20. The summed E-state index contributed by atoms with van der Waals surface area (Å²) in [5.74, 6) is 0. The standard InChI is InChI=1S/C10H8ClNO/c1-6-7-4-2-3-5-8(7)10(13)12-9(6)11/h2-5H,1H3,(H,12,13). The molecule has 1 aromatic heterocycles. The number of rotatable bonds is 0. The normalized spacial score (nSPS) is 10.6. The van der Waals surface area contributed by atoms with E-state index in [2.05, 4.69) is 4.98 Å². The Kier molecular flexibility index (Phi) is 1.85. The molecular formula is C10H8ClNO. The topological polar surface area (TPSA) is 32.9 Å². The van der Waals surface area contributed by atoms with Gasteiger partial charge in [0, 0.05) is 5.39 Å². The van der Waals surface area contributed by atoms with E-state index in [0.717, 1.165) is 10.9 Å². The van der Waals surface area contributed by atoms with E-state index in [0.29, 0.717) is 10.5 Å². The van der Waals surface area contributed by atoms with Crippen LogP contribution in [0.4, 0.5) is 0 Å². The number of hydrogen-bond acceptors (Lipinski definition) is 1. The van der Waals surface area contributed by atoms with Gasteiger partial charge in [0.2, 0.25) is 0 Å². The molecule has 0 amide bonds. The molecule has 0 bridgehead atoms. The number of aryl methyl sites for hydroxylation is 1. The van der Waals surface area contributed by atoms with Crippen LogP contribution in [-0.4, -0.2) is 4.98 Å². The molecule has 1 aromatic carbocycles. The van der Waals surface area contributed by atoms with E-state index >= 15 is 0 Å². The van der Waals surface area contributed by atoms with Crippen LogP contribution in [-0.2, 0) is 0 Å². The molecule has 3 heteroatoms. The van der Waals surface area contributed by atoms with Crippen molar-refractivity contribution in [1.29, 1.82) is 0 Å². The third-order valence-corrected chi connectivity index (χ3v) is 2.51. The summed E-state index contributed by atoms with van der Waals surface area (Å²) in [6.45, 7) is 1.89. The van der Waals surface area contributed by atoms with Gasteiger partial charge in [0.05, 0.1) is 0 Å². The second kappa shape index (κ2) is 2.89. The summed E-state index contributed by atoms with van der Waals surface area (Å²) in [7, 11) is 0. The summed E-state index contributed by atoms with van der Waals surface area (Å²) in [4.78, 5) is 14.0. The Balaban J connectivity index is 3.06. The second-order valence-corrected chi connectivity index (χ2v) is 3.32. The largest absolute Gasteiger partial charge is 0.312 e. The number of H-pyrrole nitrogens is 1. The highest BCUT2D eigenvalue weighted by molar-refractivity contribution is 6.31. The molecule has 1 N–H and O–H groups in total. The van der Waals surface area contributed by atoms with Crippen molar-refractivity contribution in [3.8, 4) is 0 Å². The molecule has 66 valence electrons. The summed E-state index contributed by atoms with van der Waals surface area (Å²) in [5.41, 5.74) is 0.781. The summed E-state index contributed by atoms with van der Waals surface area (Å²) < 4.78 is 0. The SMILES string of the molecule is Cc1c(Cl)[nH]c(=O)c2ccccc12. The lowest BCUT2D eigenvalue weighted by molar-refractivity contribution is 1.24. The molecule has 0 fully saturated rings. The zero-order valence-electron chi connectivity index (χ0n) is 7.10. The number of benzene rings is 1. The van der Waals surface area contributed by atoms with Crippen LogP contribution in [0.3, 0.4) is 0 Å². The molecule has 0 spiro atoms. The fraction of sp³-hybridized carbons (Fsp3) is 0.100. The van der Waals surface area contributed by atoms with E-state index in [4.69, 9.17) is 11.6 Å². The second-order valence-electron chi connectivity index (χ2n) is 2.94. The van der Waals surface area contributed by atoms with Crippen LogP contribution in [0.1, 0.15) is 5.56 Å². The average molecular weight is 194 g/mol. The predicted molar refractivity (Wildman–Crippen MR) is 54.3 cm³/mol. The smallest absolute Gasteiger partial charge is 0.256 e. The van der Waals surface area contributed by atoms with Crippen molar-refractivity contribution in [2.24, 2.45) is 0 Å². The minimum absolute atomic E-state index is 0.133. The van der Waals surface area contributed by atoms with Gasteiger partial charge in [-0.1, -0.05) is 29.8 Å². The van der Waals surface area contributed by atoms with Gasteiger partial charge in [0.1, 0.15) is 5.15 Å². The van der Waals surface area contributed by atoms with Gasteiger partial charge in [-0.3, -0.25) is 4.79 Å². The lowest BCUT2D eigenvalue weighted by Crippen LogP contribution is -2.07. The van der Waals surface area contributed by atoms with E-state index in [1.807, 2.05) is 25.1 Å². The van der Waals surface area contributed by atoms with Crippen LogP contribution in [0.15, 0.2) is 29.1 Å². The van der Waals surface area contributed by atoms with E-state index in [1.54, 1.807) is 6.07 Å². The monoisotopic (exact) mass is 193 g/mol. The first-order valence-corrected chi connectivity index (χ1v) is 4.35. The van der Waals surface area contributed by atoms with Gasteiger partial charge >= 0.3 is 0 Å². The Morgan fingerprint density at radius 3 is 2.54 bits per heavy atom. The quantitative estimate of drug-likeness (QED) is 0.641. The Hall–Kier alpha value is -1.28. The van der Waals surface area contributed by atoms with Gasteiger partial charge in [-0.25, -0.2) is 0 Å². The molecule has 0 atom stereocenters. The molecule has 0 saturated carbocycles. The van der Waals surface area contributed by atoms with E-state index in [-0.39, 0.29) is 5.56 Å². The molecule has 0 unspecified atom stereocenters. The van der Waals surface area contributed by atoms with Gasteiger partial charge < -0.3 is 4.98 Å². The van der Waals surface area contributed by atoms with Crippen molar-refractivity contribution in [3.63, 3.8) is 0 Å². The Bertz CT molecular complexity index is 516.